The Morgan fingerprint density at radius 3 is 2.63 bits per heavy atom. The molecule has 1 amide bonds. The molecule has 4 rings (SSSR count). The molecule has 6 nitrogen and oxygen atoms in total. The van der Waals surface area contributed by atoms with E-state index in [4.69, 9.17) is 17.0 Å². The van der Waals surface area contributed by atoms with Gasteiger partial charge >= 0.3 is 0 Å². The molecule has 0 radical (unpaired) electrons. The summed E-state index contributed by atoms with van der Waals surface area (Å²) in [7, 11) is 3.50. The number of ether oxygens (including phenoxy) is 1. The number of likely N-dealkylation sites (tertiary alicyclic amines) is 1. The number of benzene rings is 1. The standard InChI is InChI=1S/C20H22N4O2S/c1-23-18(25)15-5-3-4-6-16(15)20(23)9-11-24(12-10-20)19(27)22-14-7-8-17(26-2)21-13-14/h3-8,13H,9-12H2,1-2H3,(H,22,27). The summed E-state index contributed by atoms with van der Waals surface area (Å²) in [6.45, 7) is 1.59. The first-order valence-electron chi connectivity index (χ1n) is 8.99. The van der Waals surface area contributed by atoms with E-state index in [0.29, 0.717) is 11.0 Å². The van der Waals surface area contributed by atoms with Gasteiger partial charge < -0.3 is 19.9 Å². The second-order valence-electron chi connectivity index (χ2n) is 6.95. The molecule has 27 heavy (non-hydrogen) atoms. The number of nitrogens with one attached hydrogen (secondary N) is 1. The molecule has 2 aliphatic heterocycles. The lowest BCUT2D eigenvalue weighted by molar-refractivity contribution is 0.0477. The summed E-state index contributed by atoms with van der Waals surface area (Å²) in [5, 5.41) is 3.92. The number of aromatic nitrogens is 1. The SMILES string of the molecule is COc1ccc(NC(=S)N2CCC3(CC2)c2ccccc2C(=O)N3C)cn1. The van der Waals surface area contributed by atoms with Crippen molar-refractivity contribution in [2.24, 2.45) is 0 Å². The highest BCUT2D eigenvalue weighted by Crippen LogP contribution is 2.45. The van der Waals surface area contributed by atoms with Gasteiger partial charge in [-0.25, -0.2) is 4.98 Å². The van der Waals surface area contributed by atoms with Gasteiger partial charge in [0.25, 0.3) is 5.91 Å². The van der Waals surface area contributed by atoms with E-state index in [0.717, 1.165) is 42.7 Å². The van der Waals surface area contributed by atoms with Gasteiger partial charge in [0.1, 0.15) is 0 Å². The van der Waals surface area contributed by atoms with Crippen LogP contribution in [0.2, 0.25) is 0 Å². The second-order valence-corrected chi connectivity index (χ2v) is 7.33. The predicted molar refractivity (Wildman–Crippen MR) is 108 cm³/mol. The van der Waals surface area contributed by atoms with Crippen molar-refractivity contribution in [1.29, 1.82) is 0 Å². The molecular formula is C20H22N4O2S. The van der Waals surface area contributed by atoms with Gasteiger partial charge in [-0.3, -0.25) is 4.79 Å². The number of hydrogen-bond donors (Lipinski definition) is 1. The van der Waals surface area contributed by atoms with Crippen molar-refractivity contribution in [3.05, 3.63) is 53.7 Å². The molecule has 1 spiro atoms. The molecule has 3 heterocycles. The molecule has 0 unspecified atom stereocenters. The Labute approximate surface area is 164 Å². The average Bonchev–Trinajstić information content (AvgIpc) is 2.92. The van der Waals surface area contributed by atoms with E-state index in [1.54, 1.807) is 19.4 Å². The molecule has 7 heteroatoms. The van der Waals surface area contributed by atoms with Gasteiger partial charge in [-0.2, -0.15) is 0 Å². The quantitative estimate of drug-likeness (QED) is 0.806. The van der Waals surface area contributed by atoms with Crippen molar-refractivity contribution in [3.63, 3.8) is 0 Å². The minimum absolute atomic E-state index is 0.115. The van der Waals surface area contributed by atoms with Crippen LogP contribution in [0, 0.1) is 0 Å². The van der Waals surface area contributed by atoms with E-state index in [1.165, 1.54) is 0 Å². The molecule has 1 N–H and O–H groups in total. The number of nitrogens with zero attached hydrogens (tertiary/aromatic N) is 3. The normalized spacial score (nSPS) is 17.8. The van der Waals surface area contributed by atoms with Crippen LogP contribution in [0.1, 0.15) is 28.8 Å². The third-order valence-corrected chi connectivity index (χ3v) is 6.04. The monoisotopic (exact) mass is 382 g/mol. The van der Waals surface area contributed by atoms with Gasteiger partial charge in [-0.05, 0) is 42.8 Å². The van der Waals surface area contributed by atoms with Crippen LogP contribution in [0.25, 0.3) is 0 Å². The molecule has 2 aromatic rings. The molecule has 2 aliphatic rings. The van der Waals surface area contributed by atoms with E-state index in [1.807, 2.05) is 36.2 Å². The van der Waals surface area contributed by atoms with Crippen molar-refractivity contribution in [3.8, 4) is 5.88 Å². The zero-order chi connectivity index (χ0) is 19.0. The second kappa shape index (κ2) is 6.81. The lowest BCUT2D eigenvalue weighted by Crippen LogP contribution is -2.52. The number of amides is 1. The third kappa shape index (κ3) is 2.92. The molecule has 0 saturated carbocycles. The molecule has 1 fully saturated rings. The fourth-order valence-corrected chi connectivity index (χ4v) is 4.39. The van der Waals surface area contributed by atoms with Crippen molar-refractivity contribution < 1.29 is 9.53 Å². The Bertz CT molecular complexity index is 876. The zero-order valence-electron chi connectivity index (χ0n) is 15.4. The van der Waals surface area contributed by atoms with Crippen molar-refractivity contribution in [1.82, 2.24) is 14.8 Å². The highest BCUT2D eigenvalue weighted by Gasteiger charge is 2.49. The summed E-state index contributed by atoms with van der Waals surface area (Å²) in [6.07, 6.45) is 3.42. The lowest BCUT2D eigenvalue weighted by atomic mass is 9.81. The largest absolute Gasteiger partial charge is 0.481 e. The summed E-state index contributed by atoms with van der Waals surface area (Å²) < 4.78 is 5.08. The first-order valence-corrected chi connectivity index (χ1v) is 9.39. The number of anilines is 1. The van der Waals surface area contributed by atoms with Gasteiger partial charge in [0.05, 0.1) is 24.5 Å². The fraction of sp³-hybridized carbons (Fsp3) is 0.350. The molecule has 1 aromatic heterocycles. The van der Waals surface area contributed by atoms with Crippen LogP contribution in [-0.2, 0) is 5.54 Å². The molecule has 0 atom stereocenters. The van der Waals surface area contributed by atoms with Gasteiger partial charge in [0.2, 0.25) is 5.88 Å². The van der Waals surface area contributed by atoms with Crippen LogP contribution in [0.3, 0.4) is 0 Å². The number of carbonyl (C=O) groups excluding carboxylic acids is 1. The smallest absolute Gasteiger partial charge is 0.254 e. The van der Waals surface area contributed by atoms with Crippen LogP contribution in [0.5, 0.6) is 5.88 Å². The summed E-state index contributed by atoms with van der Waals surface area (Å²) in [6, 6.07) is 11.7. The summed E-state index contributed by atoms with van der Waals surface area (Å²) in [5.74, 6) is 0.683. The van der Waals surface area contributed by atoms with Crippen LogP contribution >= 0.6 is 12.2 Å². The van der Waals surface area contributed by atoms with Crippen LogP contribution in [-0.4, -0.2) is 53.1 Å². The van der Waals surface area contributed by atoms with E-state index in [2.05, 4.69) is 21.3 Å². The number of pyridine rings is 1. The molecule has 1 saturated heterocycles. The first-order chi connectivity index (χ1) is 13.0. The number of piperidine rings is 1. The van der Waals surface area contributed by atoms with E-state index >= 15 is 0 Å². The molecule has 1 aromatic carbocycles. The van der Waals surface area contributed by atoms with Crippen molar-refractivity contribution in [2.75, 3.05) is 32.6 Å². The number of thiocarbonyl (C=S) groups is 1. The number of methoxy groups -OCH3 is 1. The average molecular weight is 382 g/mol. The highest BCUT2D eigenvalue weighted by atomic mass is 32.1. The summed E-state index contributed by atoms with van der Waals surface area (Å²) in [5.41, 5.74) is 2.59. The third-order valence-electron chi connectivity index (χ3n) is 5.68. The fourth-order valence-electron chi connectivity index (χ4n) is 4.09. The number of rotatable bonds is 2. The molecule has 0 bridgehead atoms. The van der Waals surface area contributed by atoms with Gasteiger partial charge in [0.15, 0.2) is 5.11 Å². The summed E-state index contributed by atoms with van der Waals surface area (Å²) in [4.78, 5) is 20.9. The maximum absolute atomic E-state index is 12.6. The first kappa shape index (κ1) is 17.7. The van der Waals surface area contributed by atoms with Gasteiger partial charge in [-0.1, -0.05) is 18.2 Å². The zero-order valence-corrected chi connectivity index (χ0v) is 16.3. The minimum atomic E-state index is -0.221. The van der Waals surface area contributed by atoms with E-state index in [9.17, 15) is 4.79 Å². The minimum Gasteiger partial charge on any atom is -0.481 e. The molecule has 0 aliphatic carbocycles. The highest BCUT2D eigenvalue weighted by molar-refractivity contribution is 7.80. The Hall–Kier alpha value is -2.67. The van der Waals surface area contributed by atoms with Crippen molar-refractivity contribution in [2.45, 2.75) is 18.4 Å². The predicted octanol–water partition coefficient (Wildman–Crippen LogP) is 2.86. The van der Waals surface area contributed by atoms with Crippen LogP contribution < -0.4 is 10.1 Å². The Morgan fingerprint density at radius 1 is 1.22 bits per heavy atom. The number of hydrogen-bond acceptors (Lipinski definition) is 4. The van der Waals surface area contributed by atoms with Crippen LogP contribution in [0.4, 0.5) is 5.69 Å². The van der Waals surface area contributed by atoms with E-state index < -0.39 is 0 Å². The van der Waals surface area contributed by atoms with Crippen molar-refractivity contribution >= 4 is 28.9 Å². The van der Waals surface area contributed by atoms with Gasteiger partial charge in [-0.15, -0.1) is 0 Å². The Balaban J connectivity index is 1.46. The van der Waals surface area contributed by atoms with Crippen LogP contribution in [0.15, 0.2) is 42.6 Å². The maximum atomic E-state index is 12.6. The topological polar surface area (TPSA) is 57.7 Å². The molecule has 140 valence electrons. The van der Waals surface area contributed by atoms with Gasteiger partial charge in [0, 0.05) is 31.8 Å². The number of carbonyl (C=O) groups is 1. The summed E-state index contributed by atoms with van der Waals surface area (Å²) >= 11 is 5.59. The lowest BCUT2D eigenvalue weighted by Gasteiger charge is -2.44. The number of fused-ring (bicyclic) bond motifs is 2. The molecular weight excluding hydrogens is 360 g/mol. The van der Waals surface area contributed by atoms with E-state index in [-0.39, 0.29) is 11.4 Å². The maximum Gasteiger partial charge on any atom is 0.254 e. The Kier molecular flexibility index (Phi) is 4.47. The Morgan fingerprint density at radius 2 is 1.96 bits per heavy atom.